The van der Waals surface area contributed by atoms with Crippen molar-refractivity contribution < 1.29 is 14.6 Å². The summed E-state index contributed by atoms with van der Waals surface area (Å²) in [6.07, 6.45) is -0.588. The molecule has 106 valence electrons. The summed E-state index contributed by atoms with van der Waals surface area (Å²) in [6, 6.07) is 7.00. The number of methoxy groups -OCH3 is 1. The van der Waals surface area contributed by atoms with Crippen LogP contribution in [-0.4, -0.2) is 55.2 Å². The highest BCUT2D eigenvalue weighted by Gasteiger charge is 2.21. The summed E-state index contributed by atoms with van der Waals surface area (Å²) in [5, 5.41) is 9.67. The number of hydrogen-bond acceptors (Lipinski definition) is 4. The number of Topliss-reactive ketones (excluding diaryl/α,β-unsaturated/α-hetero) is 1. The summed E-state index contributed by atoms with van der Waals surface area (Å²) in [5.41, 5.74) is 0.670. The molecule has 0 amide bonds. The highest BCUT2D eigenvalue weighted by molar-refractivity contribution is 9.10. The van der Waals surface area contributed by atoms with Gasteiger partial charge in [-0.15, -0.1) is 0 Å². The van der Waals surface area contributed by atoms with Crippen LogP contribution in [0.25, 0.3) is 0 Å². The van der Waals surface area contributed by atoms with Crippen LogP contribution < -0.4 is 0 Å². The van der Waals surface area contributed by atoms with Crippen molar-refractivity contribution in [2.45, 2.75) is 19.1 Å². The second-order valence-electron chi connectivity index (χ2n) is 4.60. The number of nitrogens with zero attached hydrogens (tertiary/aromatic N) is 1. The summed E-state index contributed by atoms with van der Waals surface area (Å²) < 4.78 is 5.82. The van der Waals surface area contributed by atoms with E-state index in [2.05, 4.69) is 15.9 Å². The number of rotatable bonds is 7. The number of hydrogen-bond donors (Lipinski definition) is 1. The zero-order valence-electron chi connectivity index (χ0n) is 11.5. The van der Waals surface area contributed by atoms with Gasteiger partial charge >= 0.3 is 0 Å². The molecule has 0 aliphatic heterocycles. The molecule has 0 aliphatic carbocycles. The molecule has 0 saturated heterocycles. The van der Waals surface area contributed by atoms with Crippen LogP contribution in [0.3, 0.4) is 0 Å². The average Bonchev–Trinajstić information content (AvgIpc) is 2.38. The largest absolute Gasteiger partial charge is 0.389 e. The molecule has 2 atom stereocenters. The maximum atomic E-state index is 12.3. The van der Waals surface area contributed by atoms with Crippen LogP contribution in [0, 0.1) is 0 Å². The van der Waals surface area contributed by atoms with E-state index in [1.54, 1.807) is 19.2 Å². The Bertz CT molecular complexity index is 408. The Morgan fingerprint density at radius 3 is 2.53 bits per heavy atom. The SMILES string of the molecule is COCC(O)CN(C)C(C)C(=O)c1ccc(Br)cc1. The second-order valence-corrected chi connectivity index (χ2v) is 5.51. The standard InChI is InChI=1S/C14H20BrNO3/c1-10(16(2)8-13(17)9-19-3)14(18)11-4-6-12(15)7-5-11/h4-7,10,13,17H,8-9H2,1-3H3. The van der Waals surface area contributed by atoms with Gasteiger partial charge in [-0.05, 0) is 26.1 Å². The number of carbonyl (C=O) groups is 1. The van der Waals surface area contributed by atoms with Crippen LogP contribution in [0.5, 0.6) is 0 Å². The molecule has 0 fully saturated rings. The van der Waals surface area contributed by atoms with Crippen LogP contribution in [0.4, 0.5) is 0 Å². The second kappa shape index (κ2) is 7.75. The summed E-state index contributed by atoms with van der Waals surface area (Å²) in [4.78, 5) is 14.1. The predicted octanol–water partition coefficient (Wildman–Crippen LogP) is 1.96. The van der Waals surface area contributed by atoms with Gasteiger partial charge in [0, 0.05) is 23.7 Å². The lowest BCUT2D eigenvalue weighted by atomic mass is 10.0. The fraction of sp³-hybridized carbons (Fsp3) is 0.500. The van der Waals surface area contributed by atoms with Crippen molar-refractivity contribution in [3.63, 3.8) is 0 Å². The van der Waals surface area contributed by atoms with Gasteiger partial charge in [0.05, 0.1) is 18.8 Å². The number of ether oxygens (including phenoxy) is 1. The Balaban J connectivity index is 2.63. The molecular weight excluding hydrogens is 310 g/mol. The predicted molar refractivity (Wildman–Crippen MR) is 78.4 cm³/mol. The van der Waals surface area contributed by atoms with Crippen molar-refractivity contribution in [1.82, 2.24) is 4.90 Å². The molecule has 2 unspecified atom stereocenters. The summed E-state index contributed by atoms with van der Waals surface area (Å²) in [5.74, 6) is 0.0413. The molecule has 1 N–H and O–H groups in total. The van der Waals surface area contributed by atoms with Crippen LogP contribution in [0.1, 0.15) is 17.3 Å². The van der Waals surface area contributed by atoms with Gasteiger partial charge < -0.3 is 9.84 Å². The molecule has 1 rings (SSSR count). The van der Waals surface area contributed by atoms with E-state index in [0.717, 1.165) is 4.47 Å². The third kappa shape index (κ3) is 5.03. The zero-order valence-corrected chi connectivity index (χ0v) is 13.1. The van der Waals surface area contributed by atoms with Crippen molar-refractivity contribution in [3.8, 4) is 0 Å². The lowest BCUT2D eigenvalue weighted by Gasteiger charge is -2.25. The van der Waals surface area contributed by atoms with Gasteiger partial charge in [-0.1, -0.05) is 28.1 Å². The maximum absolute atomic E-state index is 12.3. The molecule has 4 nitrogen and oxygen atoms in total. The number of ketones is 1. The van der Waals surface area contributed by atoms with E-state index < -0.39 is 6.10 Å². The average molecular weight is 330 g/mol. The topological polar surface area (TPSA) is 49.8 Å². The molecule has 0 aliphatic rings. The number of carbonyl (C=O) groups excluding carboxylic acids is 1. The Kier molecular flexibility index (Phi) is 6.65. The minimum atomic E-state index is -0.588. The zero-order chi connectivity index (χ0) is 14.4. The number of aliphatic hydroxyl groups is 1. The molecule has 5 heteroatoms. The van der Waals surface area contributed by atoms with E-state index in [1.807, 2.05) is 31.0 Å². The Morgan fingerprint density at radius 1 is 1.42 bits per heavy atom. The quantitative estimate of drug-likeness (QED) is 0.777. The highest BCUT2D eigenvalue weighted by Crippen LogP contribution is 2.13. The van der Waals surface area contributed by atoms with Gasteiger partial charge in [0.15, 0.2) is 5.78 Å². The van der Waals surface area contributed by atoms with Crippen molar-refractivity contribution in [2.75, 3.05) is 27.3 Å². The summed E-state index contributed by atoms with van der Waals surface area (Å²) in [6.45, 7) is 2.50. The van der Waals surface area contributed by atoms with Crippen molar-refractivity contribution in [1.29, 1.82) is 0 Å². The smallest absolute Gasteiger partial charge is 0.179 e. The normalized spacial score (nSPS) is 14.4. The molecule has 0 aromatic heterocycles. The van der Waals surface area contributed by atoms with E-state index in [9.17, 15) is 9.90 Å². The number of benzene rings is 1. The first-order chi connectivity index (χ1) is 8.95. The van der Waals surface area contributed by atoms with Gasteiger partial charge in [-0.2, -0.15) is 0 Å². The molecule has 1 aromatic carbocycles. The number of likely N-dealkylation sites (N-methyl/N-ethyl adjacent to an activating group) is 1. The van der Waals surface area contributed by atoms with Crippen LogP contribution in [-0.2, 0) is 4.74 Å². The summed E-state index contributed by atoms with van der Waals surface area (Å²) in [7, 11) is 3.36. The van der Waals surface area contributed by atoms with Crippen molar-refractivity contribution in [3.05, 3.63) is 34.3 Å². The van der Waals surface area contributed by atoms with E-state index in [4.69, 9.17) is 4.74 Å². The Morgan fingerprint density at radius 2 is 2.00 bits per heavy atom. The first-order valence-electron chi connectivity index (χ1n) is 6.12. The first kappa shape index (κ1) is 16.3. The molecule has 0 bridgehead atoms. The molecular formula is C14H20BrNO3. The lowest BCUT2D eigenvalue weighted by Crippen LogP contribution is -2.41. The molecule has 0 heterocycles. The van der Waals surface area contributed by atoms with Crippen molar-refractivity contribution >= 4 is 21.7 Å². The molecule has 19 heavy (non-hydrogen) atoms. The molecule has 0 spiro atoms. The van der Waals surface area contributed by atoms with E-state index in [1.165, 1.54) is 0 Å². The Labute approximate surface area is 122 Å². The third-order valence-corrected chi connectivity index (χ3v) is 3.56. The molecule has 0 radical (unpaired) electrons. The number of halogens is 1. The monoisotopic (exact) mass is 329 g/mol. The Hall–Kier alpha value is -0.750. The van der Waals surface area contributed by atoms with Gasteiger partial charge in [-0.3, -0.25) is 9.69 Å². The third-order valence-electron chi connectivity index (χ3n) is 3.03. The fourth-order valence-corrected chi connectivity index (χ4v) is 2.06. The first-order valence-corrected chi connectivity index (χ1v) is 6.92. The van der Waals surface area contributed by atoms with Gasteiger partial charge in [0.2, 0.25) is 0 Å². The van der Waals surface area contributed by atoms with Crippen LogP contribution >= 0.6 is 15.9 Å². The minimum Gasteiger partial charge on any atom is -0.389 e. The molecule has 0 saturated carbocycles. The molecule has 1 aromatic rings. The van der Waals surface area contributed by atoms with E-state index in [-0.39, 0.29) is 18.4 Å². The van der Waals surface area contributed by atoms with Gasteiger partial charge in [0.1, 0.15) is 0 Å². The van der Waals surface area contributed by atoms with Crippen LogP contribution in [0.15, 0.2) is 28.7 Å². The van der Waals surface area contributed by atoms with Crippen LogP contribution in [0.2, 0.25) is 0 Å². The lowest BCUT2D eigenvalue weighted by molar-refractivity contribution is 0.0351. The fourth-order valence-electron chi connectivity index (χ4n) is 1.79. The van der Waals surface area contributed by atoms with Gasteiger partial charge in [0.25, 0.3) is 0 Å². The minimum absolute atomic E-state index is 0.0413. The highest BCUT2D eigenvalue weighted by atomic mass is 79.9. The van der Waals surface area contributed by atoms with Crippen molar-refractivity contribution in [2.24, 2.45) is 0 Å². The van der Waals surface area contributed by atoms with E-state index in [0.29, 0.717) is 12.1 Å². The van der Waals surface area contributed by atoms with Gasteiger partial charge in [-0.25, -0.2) is 0 Å². The summed E-state index contributed by atoms with van der Waals surface area (Å²) >= 11 is 3.34. The number of aliphatic hydroxyl groups excluding tert-OH is 1. The van der Waals surface area contributed by atoms with E-state index >= 15 is 0 Å². The maximum Gasteiger partial charge on any atom is 0.179 e.